The maximum atomic E-state index is 10.9. The number of hydrogen-bond acceptors (Lipinski definition) is 6. The quantitative estimate of drug-likeness (QED) is 0.493. The molecule has 0 fully saturated rings. The number of nitrogens with one attached hydrogen (secondary N) is 1. The number of nitrogens with zero attached hydrogens (tertiary/aromatic N) is 3. The van der Waals surface area contributed by atoms with Gasteiger partial charge in [0.15, 0.2) is 0 Å². The van der Waals surface area contributed by atoms with E-state index in [1.165, 1.54) is 36.5 Å². The molecule has 8 nitrogen and oxygen atoms in total. The number of hydrazone groups is 1. The highest BCUT2D eigenvalue weighted by atomic mass is 79.9. The van der Waals surface area contributed by atoms with Gasteiger partial charge in [-0.05, 0) is 28.1 Å². The normalized spacial score (nSPS) is 10.6. The van der Waals surface area contributed by atoms with E-state index in [9.17, 15) is 20.2 Å². The first kappa shape index (κ1) is 15.6. The Hall–Kier alpha value is -2.81. The minimum absolute atomic E-state index is 0.0457. The van der Waals surface area contributed by atoms with E-state index in [0.29, 0.717) is 10.0 Å². The molecule has 2 aromatic carbocycles. The lowest BCUT2D eigenvalue weighted by Gasteiger charge is -2.02. The van der Waals surface area contributed by atoms with Gasteiger partial charge in [-0.15, -0.1) is 0 Å². The predicted molar refractivity (Wildman–Crippen MR) is 85.1 cm³/mol. The van der Waals surface area contributed by atoms with Crippen molar-refractivity contribution in [2.75, 3.05) is 5.43 Å². The van der Waals surface area contributed by atoms with Gasteiger partial charge in [-0.1, -0.05) is 12.1 Å². The summed E-state index contributed by atoms with van der Waals surface area (Å²) in [6, 6.07) is 10.3. The van der Waals surface area contributed by atoms with Crippen LogP contribution in [0.3, 0.4) is 0 Å². The number of hydrogen-bond donors (Lipinski definition) is 1. The van der Waals surface area contributed by atoms with Crippen molar-refractivity contribution in [3.05, 3.63) is 72.7 Å². The molecule has 0 saturated heterocycles. The van der Waals surface area contributed by atoms with Gasteiger partial charge in [-0.25, -0.2) is 0 Å². The summed E-state index contributed by atoms with van der Waals surface area (Å²) in [6.07, 6.45) is 1.41. The average molecular weight is 365 g/mol. The Balaban J connectivity index is 2.17. The Kier molecular flexibility index (Phi) is 4.79. The van der Waals surface area contributed by atoms with Crippen LogP contribution in [0.25, 0.3) is 0 Å². The van der Waals surface area contributed by atoms with Gasteiger partial charge in [-0.2, -0.15) is 5.10 Å². The second-order valence-corrected chi connectivity index (χ2v) is 4.96. The van der Waals surface area contributed by atoms with Crippen molar-refractivity contribution in [3.63, 3.8) is 0 Å². The van der Waals surface area contributed by atoms with Gasteiger partial charge in [0.05, 0.1) is 16.1 Å². The van der Waals surface area contributed by atoms with Crippen molar-refractivity contribution in [2.24, 2.45) is 5.10 Å². The van der Waals surface area contributed by atoms with Crippen LogP contribution < -0.4 is 5.43 Å². The number of para-hydroxylation sites is 2. The van der Waals surface area contributed by atoms with Crippen molar-refractivity contribution in [3.8, 4) is 0 Å². The number of benzene rings is 2. The summed E-state index contributed by atoms with van der Waals surface area (Å²) in [5.74, 6) is 0. The molecule has 0 bridgehead atoms. The molecule has 0 aliphatic heterocycles. The lowest BCUT2D eigenvalue weighted by Crippen LogP contribution is -1.97. The molecule has 0 aliphatic rings. The summed E-state index contributed by atoms with van der Waals surface area (Å²) in [5, 5.41) is 25.4. The van der Waals surface area contributed by atoms with Crippen molar-refractivity contribution in [2.45, 2.75) is 0 Å². The standard InChI is InChI=1S/C13H9BrN4O4/c14-11-7-10(17(19)20)6-5-9(11)8-15-16-12-3-1-2-4-13(12)18(21)22/h1-8,16H/b15-8-. The largest absolute Gasteiger partial charge is 0.294 e. The summed E-state index contributed by atoms with van der Waals surface area (Å²) < 4.78 is 0.495. The van der Waals surface area contributed by atoms with Crippen molar-refractivity contribution < 1.29 is 9.85 Å². The molecule has 2 rings (SSSR count). The fourth-order valence-corrected chi connectivity index (χ4v) is 2.10. The Morgan fingerprint density at radius 3 is 2.45 bits per heavy atom. The van der Waals surface area contributed by atoms with Crippen LogP contribution in [0.4, 0.5) is 17.1 Å². The molecule has 112 valence electrons. The Bertz CT molecular complexity index is 763. The maximum absolute atomic E-state index is 10.9. The van der Waals surface area contributed by atoms with Gasteiger partial charge in [0.1, 0.15) is 5.69 Å². The number of halogens is 1. The molecule has 0 atom stereocenters. The summed E-state index contributed by atoms with van der Waals surface area (Å²) in [4.78, 5) is 20.5. The van der Waals surface area contributed by atoms with E-state index in [0.717, 1.165) is 0 Å². The van der Waals surface area contributed by atoms with Crippen molar-refractivity contribution in [1.82, 2.24) is 0 Å². The third-order valence-electron chi connectivity index (χ3n) is 2.68. The molecule has 0 heterocycles. The van der Waals surface area contributed by atoms with Crippen LogP contribution in [0.1, 0.15) is 5.56 Å². The fraction of sp³-hybridized carbons (Fsp3) is 0. The van der Waals surface area contributed by atoms with Crippen molar-refractivity contribution in [1.29, 1.82) is 0 Å². The molecule has 0 amide bonds. The number of non-ortho nitro benzene ring substituents is 1. The monoisotopic (exact) mass is 364 g/mol. The molecule has 0 unspecified atom stereocenters. The number of nitro benzene ring substituents is 2. The fourth-order valence-electron chi connectivity index (χ4n) is 1.63. The topological polar surface area (TPSA) is 111 Å². The zero-order valence-electron chi connectivity index (χ0n) is 11.0. The van der Waals surface area contributed by atoms with Crippen LogP contribution >= 0.6 is 15.9 Å². The molecule has 0 aromatic heterocycles. The van der Waals surface area contributed by atoms with E-state index in [1.807, 2.05) is 0 Å². The molecular formula is C13H9BrN4O4. The number of nitro groups is 2. The lowest BCUT2D eigenvalue weighted by atomic mass is 10.2. The molecule has 0 aliphatic carbocycles. The first-order chi connectivity index (χ1) is 10.5. The van der Waals surface area contributed by atoms with Crippen LogP contribution in [0.2, 0.25) is 0 Å². The Morgan fingerprint density at radius 1 is 1.09 bits per heavy atom. The molecule has 0 radical (unpaired) electrons. The molecular weight excluding hydrogens is 356 g/mol. The Morgan fingerprint density at radius 2 is 1.82 bits per heavy atom. The minimum Gasteiger partial charge on any atom is -0.272 e. The van der Waals surface area contributed by atoms with Gasteiger partial charge in [0, 0.05) is 28.2 Å². The van der Waals surface area contributed by atoms with E-state index in [4.69, 9.17) is 0 Å². The Labute approximate surface area is 132 Å². The smallest absolute Gasteiger partial charge is 0.272 e. The third kappa shape index (κ3) is 3.64. The molecule has 0 saturated carbocycles. The molecule has 22 heavy (non-hydrogen) atoms. The van der Waals surface area contributed by atoms with E-state index in [1.54, 1.807) is 12.1 Å². The van der Waals surface area contributed by atoms with Crippen molar-refractivity contribution >= 4 is 39.2 Å². The second-order valence-electron chi connectivity index (χ2n) is 4.11. The van der Waals surface area contributed by atoms with Gasteiger partial charge >= 0.3 is 0 Å². The van der Waals surface area contributed by atoms with Crippen LogP contribution in [-0.2, 0) is 0 Å². The number of rotatable bonds is 5. The van der Waals surface area contributed by atoms with Gasteiger partial charge < -0.3 is 0 Å². The highest BCUT2D eigenvalue weighted by molar-refractivity contribution is 9.10. The second kappa shape index (κ2) is 6.76. The van der Waals surface area contributed by atoms with Gasteiger partial charge in [0.2, 0.25) is 0 Å². The molecule has 9 heteroatoms. The minimum atomic E-state index is -0.514. The van der Waals surface area contributed by atoms with Crippen LogP contribution in [0, 0.1) is 20.2 Å². The van der Waals surface area contributed by atoms with E-state index >= 15 is 0 Å². The summed E-state index contributed by atoms with van der Waals surface area (Å²) in [6.45, 7) is 0. The maximum Gasteiger partial charge on any atom is 0.294 e. The van der Waals surface area contributed by atoms with Crippen LogP contribution in [0.5, 0.6) is 0 Å². The van der Waals surface area contributed by atoms with Gasteiger partial charge in [-0.3, -0.25) is 25.7 Å². The van der Waals surface area contributed by atoms with E-state index in [-0.39, 0.29) is 17.1 Å². The summed E-state index contributed by atoms with van der Waals surface area (Å²) >= 11 is 3.21. The molecule has 0 spiro atoms. The number of anilines is 1. The third-order valence-corrected chi connectivity index (χ3v) is 3.37. The zero-order valence-corrected chi connectivity index (χ0v) is 12.6. The zero-order chi connectivity index (χ0) is 16.1. The SMILES string of the molecule is O=[N+]([O-])c1ccc(/C=N\Nc2ccccc2[N+](=O)[O-])c(Br)c1. The summed E-state index contributed by atoms with van der Waals surface area (Å²) in [7, 11) is 0. The van der Waals surface area contributed by atoms with E-state index in [2.05, 4.69) is 26.5 Å². The first-order valence-electron chi connectivity index (χ1n) is 5.95. The van der Waals surface area contributed by atoms with E-state index < -0.39 is 9.85 Å². The lowest BCUT2D eigenvalue weighted by molar-refractivity contribution is -0.385. The average Bonchev–Trinajstić information content (AvgIpc) is 2.49. The summed E-state index contributed by atoms with van der Waals surface area (Å²) in [5.41, 5.74) is 3.29. The molecule has 2 aromatic rings. The predicted octanol–water partition coefficient (Wildman–Crippen LogP) is 3.71. The highest BCUT2D eigenvalue weighted by Crippen LogP contribution is 2.24. The van der Waals surface area contributed by atoms with Crippen LogP contribution in [-0.4, -0.2) is 16.1 Å². The van der Waals surface area contributed by atoms with Gasteiger partial charge in [0.25, 0.3) is 11.4 Å². The first-order valence-corrected chi connectivity index (χ1v) is 6.75. The molecule has 1 N–H and O–H groups in total. The highest BCUT2D eigenvalue weighted by Gasteiger charge is 2.11. The van der Waals surface area contributed by atoms with Crippen LogP contribution in [0.15, 0.2) is 52.0 Å².